The van der Waals surface area contributed by atoms with Crippen LogP contribution >= 0.6 is 11.6 Å². The van der Waals surface area contributed by atoms with Gasteiger partial charge in [0, 0.05) is 36.9 Å². The smallest absolute Gasteiger partial charge is 0.318 e. The zero-order chi connectivity index (χ0) is 16.4. The van der Waals surface area contributed by atoms with E-state index in [0.29, 0.717) is 23.5 Å². The molecule has 6 nitrogen and oxygen atoms in total. The molecule has 1 aromatic carbocycles. The normalized spacial score (nSPS) is 21.0. The fraction of sp³-hybridized carbons (Fsp3) is 0.529. The Kier molecular flexibility index (Phi) is 4.43. The van der Waals surface area contributed by atoms with Crippen LogP contribution in [0.5, 0.6) is 0 Å². The number of benzene rings is 1. The average Bonchev–Trinajstić information content (AvgIpc) is 3.01. The molecule has 24 heavy (non-hydrogen) atoms. The van der Waals surface area contributed by atoms with Gasteiger partial charge in [0.2, 0.25) is 5.89 Å². The van der Waals surface area contributed by atoms with E-state index in [1.165, 1.54) is 0 Å². The van der Waals surface area contributed by atoms with Crippen LogP contribution in [-0.4, -0.2) is 48.7 Å². The van der Waals surface area contributed by atoms with Crippen LogP contribution in [-0.2, 0) is 9.47 Å². The van der Waals surface area contributed by atoms with Crippen LogP contribution in [0.4, 0.5) is 6.01 Å². The number of hydrogen-bond acceptors (Lipinski definition) is 6. The van der Waals surface area contributed by atoms with Crippen molar-refractivity contribution in [3.05, 3.63) is 29.3 Å². The maximum absolute atomic E-state index is 6.16. The number of nitrogens with zero attached hydrogens (tertiary/aromatic N) is 3. The number of halogens is 1. The van der Waals surface area contributed by atoms with Gasteiger partial charge in [-0.1, -0.05) is 22.8 Å². The van der Waals surface area contributed by atoms with E-state index in [0.717, 1.165) is 51.1 Å². The fourth-order valence-corrected chi connectivity index (χ4v) is 3.50. The van der Waals surface area contributed by atoms with Crippen molar-refractivity contribution in [1.29, 1.82) is 0 Å². The van der Waals surface area contributed by atoms with Gasteiger partial charge in [-0.05, 0) is 37.5 Å². The maximum atomic E-state index is 6.16. The molecule has 7 heteroatoms. The summed E-state index contributed by atoms with van der Waals surface area (Å²) < 4.78 is 17.5. The van der Waals surface area contributed by atoms with E-state index in [9.17, 15) is 0 Å². The summed E-state index contributed by atoms with van der Waals surface area (Å²) >= 11 is 6.03. The number of aromatic nitrogens is 2. The van der Waals surface area contributed by atoms with Crippen LogP contribution in [0, 0.1) is 0 Å². The van der Waals surface area contributed by atoms with Crippen molar-refractivity contribution in [3.8, 4) is 11.5 Å². The van der Waals surface area contributed by atoms with E-state index in [1.54, 1.807) is 0 Å². The van der Waals surface area contributed by atoms with Crippen molar-refractivity contribution in [2.45, 2.75) is 24.9 Å². The lowest BCUT2D eigenvalue weighted by atomic mass is 9.90. The zero-order valence-corrected chi connectivity index (χ0v) is 14.2. The van der Waals surface area contributed by atoms with Crippen LogP contribution in [0.1, 0.15) is 19.3 Å². The molecule has 0 radical (unpaired) electrons. The molecule has 2 aliphatic heterocycles. The second kappa shape index (κ2) is 6.70. The lowest BCUT2D eigenvalue weighted by molar-refractivity contribution is -0.105. The van der Waals surface area contributed by atoms with Crippen LogP contribution < -0.4 is 4.90 Å². The number of rotatable bonds is 2. The predicted octanol–water partition coefficient (Wildman–Crippen LogP) is 3.17. The monoisotopic (exact) mass is 349 g/mol. The molecule has 0 unspecified atom stereocenters. The second-order valence-electron chi connectivity index (χ2n) is 6.28. The van der Waals surface area contributed by atoms with Gasteiger partial charge in [0.05, 0.1) is 12.2 Å². The minimum absolute atomic E-state index is 0.0528. The van der Waals surface area contributed by atoms with E-state index in [1.807, 2.05) is 24.3 Å². The van der Waals surface area contributed by atoms with Gasteiger partial charge >= 0.3 is 6.01 Å². The topological polar surface area (TPSA) is 60.6 Å². The Morgan fingerprint density at radius 2 is 1.92 bits per heavy atom. The highest BCUT2D eigenvalue weighted by atomic mass is 35.5. The highest BCUT2D eigenvalue weighted by Gasteiger charge is 2.36. The summed E-state index contributed by atoms with van der Waals surface area (Å²) in [4.78, 5) is 2.10. The summed E-state index contributed by atoms with van der Waals surface area (Å²) in [5, 5.41) is 9.02. The Balaban J connectivity index is 1.48. The third-order valence-corrected chi connectivity index (χ3v) is 5.00. The first-order valence-electron chi connectivity index (χ1n) is 8.30. The van der Waals surface area contributed by atoms with Crippen LogP contribution in [0.25, 0.3) is 11.5 Å². The lowest BCUT2D eigenvalue weighted by Crippen LogP contribution is -2.39. The van der Waals surface area contributed by atoms with Gasteiger partial charge in [0.25, 0.3) is 0 Å². The van der Waals surface area contributed by atoms with Crippen molar-refractivity contribution in [3.63, 3.8) is 0 Å². The molecular formula is C17H20ClN3O3. The van der Waals surface area contributed by atoms with Crippen LogP contribution in [0.15, 0.2) is 28.7 Å². The minimum atomic E-state index is -0.0528. The summed E-state index contributed by atoms with van der Waals surface area (Å²) in [5.74, 6) is 0.485. The second-order valence-corrected chi connectivity index (χ2v) is 6.72. The fourth-order valence-electron chi connectivity index (χ4n) is 3.31. The number of ether oxygens (including phenoxy) is 2. The Bertz CT molecular complexity index is 700. The van der Waals surface area contributed by atoms with Crippen molar-refractivity contribution in [1.82, 2.24) is 10.2 Å². The van der Waals surface area contributed by atoms with Crippen molar-refractivity contribution in [2.24, 2.45) is 0 Å². The van der Waals surface area contributed by atoms with Gasteiger partial charge in [0.1, 0.15) is 0 Å². The molecule has 0 saturated carbocycles. The molecule has 2 aliphatic rings. The summed E-state index contributed by atoms with van der Waals surface area (Å²) in [6, 6.07) is 7.96. The quantitative estimate of drug-likeness (QED) is 0.830. The Labute approximate surface area is 145 Å². The first kappa shape index (κ1) is 15.9. The molecule has 2 aromatic rings. The van der Waals surface area contributed by atoms with E-state index >= 15 is 0 Å². The van der Waals surface area contributed by atoms with Crippen molar-refractivity contribution >= 4 is 17.6 Å². The standard InChI is InChI=1S/C17H20ClN3O3/c18-14-3-1-2-13(12-14)15-19-20-16(24-15)21-7-4-17(23-11-8-21)5-9-22-10-6-17/h1-3,12H,4-11H2. The lowest BCUT2D eigenvalue weighted by Gasteiger charge is -2.35. The predicted molar refractivity (Wildman–Crippen MR) is 90.3 cm³/mol. The Morgan fingerprint density at radius 3 is 2.75 bits per heavy atom. The van der Waals surface area contributed by atoms with Gasteiger partial charge in [-0.25, -0.2) is 0 Å². The summed E-state index contributed by atoms with van der Waals surface area (Å²) in [6.07, 6.45) is 2.86. The van der Waals surface area contributed by atoms with Gasteiger partial charge in [-0.15, -0.1) is 5.10 Å². The molecule has 0 bridgehead atoms. The summed E-state index contributed by atoms with van der Waals surface area (Å²) in [7, 11) is 0. The van der Waals surface area contributed by atoms with E-state index in [-0.39, 0.29) is 5.60 Å². The summed E-state index contributed by atoms with van der Waals surface area (Å²) in [6.45, 7) is 3.81. The number of hydrogen-bond donors (Lipinski definition) is 0. The largest absolute Gasteiger partial charge is 0.403 e. The molecule has 1 spiro atoms. The van der Waals surface area contributed by atoms with E-state index < -0.39 is 0 Å². The molecule has 0 aliphatic carbocycles. The molecular weight excluding hydrogens is 330 g/mol. The molecule has 3 heterocycles. The molecule has 4 rings (SSSR count). The average molecular weight is 350 g/mol. The van der Waals surface area contributed by atoms with Gasteiger partial charge in [0.15, 0.2) is 0 Å². The minimum Gasteiger partial charge on any atom is -0.403 e. The van der Waals surface area contributed by atoms with Crippen LogP contribution in [0.3, 0.4) is 0 Å². The molecule has 2 saturated heterocycles. The molecule has 128 valence electrons. The Hall–Kier alpha value is -1.63. The van der Waals surface area contributed by atoms with E-state index in [2.05, 4.69) is 15.1 Å². The zero-order valence-electron chi connectivity index (χ0n) is 13.4. The van der Waals surface area contributed by atoms with Gasteiger partial charge in [-0.3, -0.25) is 0 Å². The highest BCUT2D eigenvalue weighted by molar-refractivity contribution is 6.30. The SMILES string of the molecule is Clc1cccc(-c2nnc(N3CCOC4(CCOCC4)CC3)o2)c1. The molecule has 0 amide bonds. The maximum Gasteiger partial charge on any atom is 0.318 e. The molecule has 0 atom stereocenters. The highest BCUT2D eigenvalue weighted by Crippen LogP contribution is 2.32. The first-order chi connectivity index (χ1) is 11.7. The molecule has 0 N–H and O–H groups in total. The first-order valence-corrected chi connectivity index (χ1v) is 8.68. The third-order valence-electron chi connectivity index (χ3n) is 4.77. The van der Waals surface area contributed by atoms with Crippen molar-refractivity contribution < 1.29 is 13.9 Å². The van der Waals surface area contributed by atoms with Gasteiger partial charge in [-0.2, -0.15) is 0 Å². The molecule has 1 aromatic heterocycles. The Morgan fingerprint density at radius 1 is 1.04 bits per heavy atom. The van der Waals surface area contributed by atoms with Gasteiger partial charge < -0.3 is 18.8 Å². The van der Waals surface area contributed by atoms with Crippen molar-refractivity contribution in [2.75, 3.05) is 37.8 Å². The molecule has 2 fully saturated rings. The van der Waals surface area contributed by atoms with Crippen LogP contribution in [0.2, 0.25) is 5.02 Å². The third kappa shape index (κ3) is 3.27. The number of anilines is 1. The van der Waals surface area contributed by atoms with E-state index in [4.69, 9.17) is 25.5 Å². The summed E-state index contributed by atoms with van der Waals surface area (Å²) in [5.41, 5.74) is 0.774.